The van der Waals surface area contributed by atoms with E-state index in [2.05, 4.69) is 25.7 Å². The first-order valence-corrected chi connectivity index (χ1v) is 7.23. The number of aromatic nitrogens is 4. The molecule has 0 saturated carbocycles. The van der Waals surface area contributed by atoms with Crippen LogP contribution in [0.25, 0.3) is 22.3 Å². The monoisotopic (exact) mass is 317 g/mol. The molecule has 0 aliphatic carbocycles. The van der Waals surface area contributed by atoms with Gasteiger partial charge >= 0.3 is 5.76 Å². The van der Waals surface area contributed by atoms with Crippen LogP contribution in [0.3, 0.4) is 0 Å². The fourth-order valence-electron chi connectivity index (χ4n) is 2.70. The fourth-order valence-corrected chi connectivity index (χ4v) is 2.70. The highest BCUT2D eigenvalue weighted by atomic mass is 16.5. The second kappa shape index (κ2) is 5.52. The highest BCUT2D eigenvalue weighted by Gasteiger charge is 2.12. The zero-order valence-corrected chi connectivity index (χ0v) is 12.4. The van der Waals surface area contributed by atoms with Gasteiger partial charge in [0, 0.05) is 41.6 Å². The van der Waals surface area contributed by atoms with Crippen molar-refractivity contribution in [1.29, 1.82) is 5.26 Å². The van der Waals surface area contributed by atoms with Crippen LogP contribution in [0.15, 0.2) is 58.2 Å². The van der Waals surface area contributed by atoms with Crippen molar-refractivity contribution in [1.82, 2.24) is 19.7 Å². The van der Waals surface area contributed by atoms with Gasteiger partial charge in [0.1, 0.15) is 6.07 Å². The van der Waals surface area contributed by atoms with Gasteiger partial charge in [-0.2, -0.15) is 5.26 Å². The van der Waals surface area contributed by atoms with Crippen molar-refractivity contribution in [3.05, 3.63) is 70.6 Å². The molecule has 0 atom stereocenters. The van der Waals surface area contributed by atoms with E-state index in [-0.39, 0.29) is 0 Å². The molecule has 0 unspecified atom stereocenters. The quantitative estimate of drug-likeness (QED) is 0.625. The topological polar surface area (TPSA) is 100 Å². The molecule has 0 fully saturated rings. The Balaban J connectivity index is 1.83. The molecule has 1 aromatic carbocycles. The Labute approximate surface area is 135 Å². The largest absolute Gasteiger partial charge is 0.439 e. The summed E-state index contributed by atoms with van der Waals surface area (Å²) < 4.78 is 6.55. The van der Waals surface area contributed by atoms with E-state index >= 15 is 0 Å². The van der Waals surface area contributed by atoms with Crippen molar-refractivity contribution in [3.63, 3.8) is 0 Å². The smallest absolute Gasteiger partial charge is 0.342 e. The molecule has 0 radical (unpaired) electrons. The van der Waals surface area contributed by atoms with E-state index < -0.39 is 5.76 Å². The van der Waals surface area contributed by atoms with Gasteiger partial charge in [-0.1, -0.05) is 5.16 Å². The van der Waals surface area contributed by atoms with Gasteiger partial charge < -0.3 is 4.57 Å². The van der Waals surface area contributed by atoms with Gasteiger partial charge in [-0.25, -0.2) is 4.79 Å². The van der Waals surface area contributed by atoms with Crippen LogP contribution in [-0.2, 0) is 6.54 Å². The van der Waals surface area contributed by atoms with Crippen molar-refractivity contribution < 1.29 is 4.52 Å². The molecule has 0 saturated heterocycles. The Morgan fingerprint density at radius 1 is 1.25 bits per heavy atom. The first kappa shape index (κ1) is 14.0. The van der Waals surface area contributed by atoms with Crippen LogP contribution in [0.4, 0.5) is 0 Å². The van der Waals surface area contributed by atoms with Crippen molar-refractivity contribution >= 4 is 10.9 Å². The molecule has 24 heavy (non-hydrogen) atoms. The summed E-state index contributed by atoms with van der Waals surface area (Å²) in [5.41, 5.74) is 3.27. The van der Waals surface area contributed by atoms with Gasteiger partial charge in [-0.05, 0) is 35.9 Å². The standard InChI is InChI=1S/C17H11N5O2/c18-8-13-10-22(9-11-3-5-19-6-4-11)15-2-1-12(7-14(13)15)16-20-17(23)24-21-16/h1-7,10H,9H2,(H,20,21,23). The van der Waals surface area contributed by atoms with E-state index in [1.165, 1.54) is 0 Å². The van der Waals surface area contributed by atoms with E-state index in [0.717, 1.165) is 16.5 Å². The van der Waals surface area contributed by atoms with Gasteiger partial charge in [0.25, 0.3) is 0 Å². The summed E-state index contributed by atoms with van der Waals surface area (Å²) in [6, 6.07) is 11.6. The number of nitrogens with zero attached hydrogens (tertiary/aromatic N) is 4. The predicted octanol–water partition coefficient (Wildman–Crippen LogP) is 2.30. The zero-order chi connectivity index (χ0) is 16.5. The lowest BCUT2D eigenvalue weighted by atomic mass is 10.1. The number of benzene rings is 1. The molecule has 0 bridgehead atoms. The molecule has 0 aliphatic heterocycles. The average molecular weight is 317 g/mol. The lowest BCUT2D eigenvalue weighted by Crippen LogP contribution is -1.98. The molecule has 116 valence electrons. The van der Waals surface area contributed by atoms with Gasteiger partial charge in [-0.15, -0.1) is 0 Å². The van der Waals surface area contributed by atoms with E-state index in [1.54, 1.807) is 12.4 Å². The van der Waals surface area contributed by atoms with Gasteiger partial charge in [0.15, 0.2) is 5.82 Å². The highest BCUT2D eigenvalue weighted by molar-refractivity contribution is 5.89. The minimum Gasteiger partial charge on any atom is -0.342 e. The van der Waals surface area contributed by atoms with Gasteiger partial charge in [-0.3, -0.25) is 14.5 Å². The summed E-state index contributed by atoms with van der Waals surface area (Å²) in [6.07, 6.45) is 5.30. The van der Waals surface area contributed by atoms with Crippen LogP contribution in [-0.4, -0.2) is 19.7 Å². The minimum absolute atomic E-state index is 0.340. The molecular formula is C17H11N5O2. The third-order valence-corrected chi connectivity index (χ3v) is 3.82. The van der Waals surface area contributed by atoms with E-state index in [4.69, 9.17) is 0 Å². The molecule has 0 spiro atoms. The summed E-state index contributed by atoms with van der Waals surface area (Å²) in [5.74, 6) is -0.270. The number of H-pyrrole nitrogens is 1. The molecule has 3 aromatic heterocycles. The van der Waals surface area contributed by atoms with Gasteiger partial charge in [0.05, 0.1) is 5.56 Å². The highest BCUT2D eigenvalue weighted by Crippen LogP contribution is 2.26. The molecule has 4 rings (SSSR count). The van der Waals surface area contributed by atoms with Crippen molar-refractivity contribution in [2.24, 2.45) is 0 Å². The number of nitrogens with one attached hydrogen (secondary N) is 1. The molecule has 3 heterocycles. The van der Waals surface area contributed by atoms with Crippen LogP contribution in [0.1, 0.15) is 11.1 Å². The summed E-state index contributed by atoms with van der Waals surface area (Å²) in [4.78, 5) is 17.6. The number of pyridine rings is 1. The second-order valence-corrected chi connectivity index (χ2v) is 5.31. The molecule has 1 N–H and O–H groups in total. The van der Waals surface area contributed by atoms with E-state index in [9.17, 15) is 10.1 Å². The normalized spacial score (nSPS) is 10.8. The maximum absolute atomic E-state index is 11.1. The maximum atomic E-state index is 11.1. The Morgan fingerprint density at radius 2 is 2.08 bits per heavy atom. The Bertz CT molecular complexity index is 1120. The van der Waals surface area contributed by atoms with Crippen molar-refractivity contribution in [2.45, 2.75) is 6.54 Å². The van der Waals surface area contributed by atoms with Crippen molar-refractivity contribution in [2.75, 3.05) is 0 Å². The molecular weight excluding hydrogens is 306 g/mol. The lowest BCUT2D eigenvalue weighted by molar-refractivity contribution is 0.388. The number of aromatic amines is 1. The van der Waals surface area contributed by atoms with E-state index in [0.29, 0.717) is 23.5 Å². The second-order valence-electron chi connectivity index (χ2n) is 5.31. The SMILES string of the molecule is N#Cc1cn(Cc2ccncc2)c2ccc(-c3noc(=O)[nH]3)cc12. The van der Waals surface area contributed by atoms with Gasteiger partial charge in [0.2, 0.25) is 0 Å². The first-order chi connectivity index (χ1) is 11.7. The number of fused-ring (bicyclic) bond motifs is 1. The molecule has 0 amide bonds. The number of rotatable bonds is 3. The van der Waals surface area contributed by atoms with E-state index in [1.807, 2.05) is 41.1 Å². The summed E-state index contributed by atoms with van der Waals surface area (Å²) >= 11 is 0. The molecule has 4 aromatic rings. The number of nitriles is 1. The van der Waals surface area contributed by atoms with Crippen LogP contribution < -0.4 is 5.76 Å². The third-order valence-electron chi connectivity index (χ3n) is 3.82. The van der Waals surface area contributed by atoms with Crippen LogP contribution in [0, 0.1) is 11.3 Å². The number of hydrogen-bond acceptors (Lipinski definition) is 5. The summed E-state index contributed by atoms with van der Waals surface area (Å²) in [5, 5.41) is 13.9. The first-order valence-electron chi connectivity index (χ1n) is 7.23. The Morgan fingerprint density at radius 3 is 2.79 bits per heavy atom. The predicted molar refractivity (Wildman–Crippen MR) is 86.1 cm³/mol. The Hall–Kier alpha value is -3.66. The molecule has 7 nitrogen and oxygen atoms in total. The lowest BCUT2D eigenvalue weighted by Gasteiger charge is -2.05. The average Bonchev–Trinajstić information content (AvgIpc) is 3.19. The third kappa shape index (κ3) is 2.36. The van der Waals surface area contributed by atoms with Crippen LogP contribution in [0.5, 0.6) is 0 Å². The van der Waals surface area contributed by atoms with Crippen LogP contribution in [0.2, 0.25) is 0 Å². The molecule has 7 heteroatoms. The Kier molecular flexibility index (Phi) is 3.21. The number of hydrogen-bond donors (Lipinski definition) is 1. The van der Waals surface area contributed by atoms with Crippen molar-refractivity contribution in [3.8, 4) is 17.5 Å². The fraction of sp³-hybridized carbons (Fsp3) is 0.0588. The maximum Gasteiger partial charge on any atom is 0.439 e. The molecule has 0 aliphatic rings. The summed E-state index contributed by atoms with van der Waals surface area (Å²) in [7, 11) is 0. The van der Waals surface area contributed by atoms with Crippen LogP contribution >= 0.6 is 0 Å². The summed E-state index contributed by atoms with van der Waals surface area (Å²) in [6.45, 7) is 0.640. The minimum atomic E-state index is -0.610. The zero-order valence-electron chi connectivity index (χ0n) is 12.4.